The van der Waals surface area contributed by atoms with Gasteiger partial charge in [0.25, 0.3) is 0 Å². The number of ether oxygens (including phenoxy) is 1. The van der Waals surface area contributed by atoms with Gasteiger partial charge >= 0.3 is 0 Å². The molecule has 104 valence electrons. The van der Waals surface area contributed by atoms with E-state index in [2.05, 4.69) is 30.4 Å². The minimum atomic E-state index is 0.380. The number of thioether (sulfide) groups is 1. The lowest BCUT2D eigenvalue weighted by molar-refractivity contribution is 0.480. The minimum Gasteiger partial charge on any atom is -0.457 e. The Labute approximate surface area is 124 Å². The smallest absolute Gasteiger partial charge is 0.127 e. The number of hydrogen-bond donors (Lipinski definition) is 1. The molecule has 3 rings (SSSR count). The van der Waals surface area contributed by atoms with E-state index in [1.807, 2.05) is 48.2 Å². The van der Waals surface area contributed by atoms with E-state index in [0.717, 1.165) is 24.0 Å². The van der Waals surface area contributed by atoms with Crippen molar-refractivity contribution in [3.63, 3.8) is 0 Å². The van der Waals surface area contributed by atoms with E-state index in [4.69, 9.17) is 4.74 Å². The van der Waals surface area contributed by atoms with Crippen LogP contribution in [-0.4, -0.2) is 12.3 Å². The molecular formula is C17H19NOS. The first-order valence-corrected chi connectivity index (χ1v) is 8.04. The molecule has 2 nitrogen and oxygen atoms in total. The van der Waals surface area contributed by atoms with Crippen molar-refractivity contribution in [1.82, 2.24) is 5.32 Å². The van der Waals surface area contributed by atoms with Gasteiger partial charge in [-0.05, 0) is 48.0 Å². The molecule has 1 saturated heterocycles. The Morgan fingerprint density at radius 2 is 1.85 bits per heavy atom. The third-order valence-electron chi connectivity index (χ3n) is 3.34. The molecule has 1 aliphatic rings. The maximum atomic E-state index is 5.89. The van der Waals surface area contributed by atoms with Gasteiger partial charge in [-0.1, -0.05) is 37.3 Å². The lowest BCUT2D eigenvalue weighted by Crippen LogP contribution is -2.31. The molecule has 3 heteroatoms. The summed E-state index contributed by atoms with van der Waals surface area (Å²) in [6, 6.07) is 18.3. The van der Waals surface area contributed by atoms with Crippen molar-refractivity contribution in [3.8, 4) is 11.5 Å². The number of nitrogens with one attached hydrogen (secondary N) is 1. The van der Waals surface area contributed by atoms with Crippen LogP contribution in [0.1, 0.15) is 17.9 Å². The molecular weight excluding hydrogens is 266 g/mol. The van der Waals surface area contributed by atoms with Crippen LogP contribution in [0.25, 0.3) is 0 Å². The van der Waals surface area contributed by atoms with Gasteiger partial charge in [-0.2, -0.15) is 0 Å². The Bertz CT molecular complexity index is 550. The highest BCUT2D eigenvalue weighted by Crippen LogP contribution is 2.33. The first-order chi connectivity index (χ1) is 9.81. The van der Waals surface area contributed by atoms with E-state index in [9.17, 15) is 0 Å². The molecule has 1 fully saturated rings. The SMILES string of the molecule is CC1CNC(c2cccc(Oc3ccccc3)c2)SC1. The highest BCUT2D eigenvalue weighted by molar-refractivity contribution is 7.99. The van der Waals surface area contributed by atoms with Gasteiger partial charge in [-0.25, -0.2) is 0 Å². The van der Waals surface area contributed by atoms with Crippen LogP contribution in [0.15, 0.2) is 54.6 Å². The van der Waals surface area contributed by atoms with Gasteiger partial charge < -0.3 is 10.1 Å². The van der Waals surface area contributed by atoms with Crippen LogP contribution in [-0.2, 0) is 0 Å². The second-order valence-corrected chi connectivity index (χ2v) is 6.35. The highest BCUT2D eigenvalue weighted by Gasteiger charge is 2.19. The zero-order valence-corrected chi connectivity index (χ0v) is 12.4. The van der Waals surface area contributed by atoms with Crippen LogP contribution in [0.4, 0.5) is 0 Å². The Morgan fingerprint density at radius 3 is 2.60 bits per heavy atom. The summed E-state index contributed by atoms with van der Waals surface area (Å²) in [5.74, 6) is 3.73. The van der Waals surface area contributed by atoms with E-state index >= 15 is 0 Å². The molecule has 1 aliphatic heterocycles. The van der Waals surface area contributed by atoms with Crippen molar-refractivity contribution in [2.24, 2.45) is 5.92 Å². The highest BCUT2D eigenvalue weighted by atomic mass is 32.2. The van der Waals surface area contributed by atoms with Gasteiger partial charge in [0.15, 0.2) is 0 Å². The minimum absolute atomic E-state index is 0.380. The van der Waals surface area contributed by atoms with Crippen molar-refractivity contribution in [3.05, 3.63) is 60.2 Å². The Balaban J connectivity index is 1.73. The average Bonchev–Trinajstić information content (AvgIpc) is 2.49. The maximum Gasteiger partial charge on any atom is 0.127 e. The fourth-order valence-electron chi connectivity index (χ4n) is 2.27. The second-order valence-electron chi connectivity index (χ2n) is 5.21. The maximum absolute atomic E-state index is 5.89. The van der Waals surface area contributed by atoms with Crippen molar-refractivity contribution >= 4 is 11.8 Å². The van der Waals surface area contributed by atoms with Crippen molar-refractivity contribution in [1.29, 1.82) is 0 Å². The van der Waals surface area contributed by atoms with Crippen molar-refractivity contribution in [2.45, 2.75) is 12.3 Å². The summed E-state index contributed by atoms with van der Waals surface area (Å²) in [5.41, 5.74) is 1.29. The molecule has 0 bridgehead atoms. The van der Waals surface area contributed by atoms with Crippen LogP contribution >= 0.6 is 11.8 Å². The summed E-state index contributed by atoms with van der Waals surface area (Å²) in [7, 11) is 0. The monoisotopic (exact) mass is 285 g/mol. The Morgan fingerprint density at radius 1 is 1.05 bits per heavy atom. The van der Waals surface area contributed by atoms with Crippen LogP contribution in [0.5, 0.6) is 11.5 Å². The van der Waals surface area contributed by atoms with E-state index in [0.29, 0.717) is 5.37 Å². The number of benzene rings is 2. The summed E-state index contributed by atoms with van der Waals surface area (Å²) < 4.78 is 5.89. The summed E-state index contributed by atoms with van der Waals surface area (Å²) in [4.78, 5) is 0. The van der Waals surface area contributed by atoms with Crippen molar-refractivity contribution < 1.29 is 4.74 Å². The molecule has 0 aliphatic carbocycles. The van der Waals surface area contributed by atoms with Crippen LogP contribution in [0.3, 0.4) is 0 Å². The average molecular weight is 285 g/mol. The Kier molecular flexibility index (Phi) is 4.28. The van der Waals surface area contributed by atoms with Gasteiger partial charge in [-0.3, -0.25) is 0 Å². The van der Waals surface area contributed by atoms with Gasteiger partial charge in [0.2, 0.25) is 0 Å². The van der Waals surface area contributed by atoms with Gasteiger partial charge in [0.1, 0.15) is 11.5 Å². The van der Waals surface area contributed by atoms with Crippen LogP contribution < -0.4 is 10.1 Å². The van der Waals surface area contributed by atoms with Crippen LogP contribution in [0.2, 0.25) is 0 Å². The fraction of sp³-hybridized carbons (Fsp3) is 0.294. The van der Waals surface area contributed by atoms with Gasteiger partial charge in [0.05, 0.1) is 5.37 Å². The first kappa shape index (κ1) is 13.5. The van der Waals surface area contributed by atoms with E-state index < -0.39 is 0 Å². The molecule has 2 atom stereocenters. The molecule has 1 N–H and O–H groups in total. The lowest BCUT2D eigenvalue weighted by atomic mass is 10.1. The third-order valence-corrected chi connectivity index (χ3v) is 4.87. The number of para-hydroxylation sites is 1. The van der Waals surface area contributed by atoms with E-state index in [1.54, 1.807) is 0 Å². The molecule has 1 heterocycles. The second kappa shape index (κ2) is 6.33. The fourth-order valence-corrected chi connectivity index (χ4v) is 3.46. The summed E-state index contributed by atoms with van der Waals surface area (Å²) in [6.45, 7) is 3.37. The standard InChI is InChI=1S/C17H19NOS/c1-13-11-18-17(20-12-13)14-6-5-9-16(10-14)19-15-7-3-2-4-8-15/h2-10,13,17-18H,11-12H2,1H3. The molecule has 2 aromatic carbocycles. The van der Waals surface area contributed by atoms with E-state index in [-0.39, 0.29) is 0 Å². The molecule has 0 aromatic heterocycles. The number of rotatable bonds is 3. The molecule has 2 aromatic rings. The van der Waals surface area contributed by atoms with Gasteiger partial charge in [0, 0.05) is 0 Å². The quantitative estimate of drug-likeness (QED) is 0.900. The third kappa shape index (κ3) is 3.35. The zero-order chi connectivity index (χ0) is 13.8. The van der Waals surface area contributed by atoms with Crippen molar-refractivity contribution in [2.75, 3.05) is 12.3 Å². The molecule has 0 radical (unpaired) electrons. The normalized spacial score (nSPS) is 22.4. The van der Waals surface area contributed by atoms with Crippen LogP contribution in [0, 0.1) is 5.92 Å². The summed E-state index contributed by atoms with van der Waals surface area (Å²) >= 11 is 1.97. The first-order valence-electron chi connectivity index (χ1n) is 6.99. The molecule has 0 spiro atoms. The Hall–Kier alpha value is -1.45. The summed E-state index contributed by atoms with van der Waals surface area (Å²) in [6.07, 6.45) is 0. The largest absolute Gasteiger partial charge is 0.457 e. The predicted molar refractivity (Wildman–Crippen MR) is 85.3 cm³/mol. The topological polar surface area (TPSA) is 21.3 Å². The number of hydrogen-bond acceptors (Lipinski definition) is 3. The van der Waals surface area contributed by atoms with Gasteiger partial charge in [-0.15, -0.1) is 11.8 Å². The molecule has 2 unspecified atom stereocenters. The van der Waals surface area contributed by atoms with E-state index in [1.165, 1.54) is 11.3 Å². The summed E-state index contributed by atoms with van der Waals surface area (Å²) in [5, 5.41) is 3.96. The lowest BCUT2D eigenvalue weighted by Gasteiger charge is -2.27. The molecule has 20 heavy (non-hydrogen) atoms. The predicted octanol–water partition coefficient (Wildman–Crippen LogP) is 4.45. The molecule has 0 saturated carbocycles. The zero-order valence-electron chi connectivity index (χ0n) is 11.6. The molecule has 0 amide bonds.